The Morgan fingerprint density at radius 2 is 2.08 bits per heavy atom. The molecule has 0 saturated heterocycles. The number of nitrogens with zero attached hydrogens (tertiary/aromatic N) is 3. The number of hydrogen-bond acceptors (Lipinski definition) is 7. The van der Waals surface area contributed by atoms with Crippen molar-refractivity contribution in [3.8, 4) is 0 Å². The van der Waals surface area contributed by atoms with Crippen LogP contribution >= 0.6 is 0 Å². The monoisotopic (exact) mass is 539 g/mol. The number of aromatic nitrogens is 3. The van der Waals surface area contributed by atoms with Gasteiger partial charge in [0.25, 0.3) is 0 Å². The van der Waals surface area contributed by atoms with E-state index in [0.717, 1.165) is 87.2 Å². The summed E-state index contributed by atoms with van der Waals surface area (Å²) in [6, 6.07) is 5.28. The van der Waals surface area contributed by atoms with Crippen LogP contribution in [0.1, 0.15) is 80.1 Å². The first-order chi connectivity index (χ1) is 18.9. The number of rotatable bonds is 11. The molecule has 2 aromatic rings. The van der Waals surface area contributed by atoms with Gasteiger partial charge in [-0.05, 0) is 95.2 Å². The second kappa shape index (κ2) is 12.4. The summed E-state index contributed by atoms with van der Waals surface area (Å²) in [5.74, 6) is 0.562. The molecule has 3 aliphatic rings. The second-order valence-corrected chi connectivity index (χ2v) is 11.3. The Hall–Kier alpha value is -3.14. The van der Waals surface area contributed by atoms with Crippen molar-refractivity contribution < 1.29 is 24.2 Å². The Morgan fingerprint density at radius 3 is 2.85 bits per heavy atom. The van der Waals surface area contributed by atoms with Crippen LogP contribution in [0.3, 0.4) is 0 Å². The van der Waals surface area contributed by atoms with Crippen LogP contribution in [0.4, 0.5) is 10.6 Å². The third-order valence-electron chi connectivity index (χ3n) is 8.34. The van der Waals surface area contributed by atoms with E-state index < -0.39 is 18.1 Å². The van der Waals surface area contributed by atoms with Crippen LogP contribution in [0.2, 0.25) is 0 Å². The molecule has 5 rings (SSSR count). The highest BCUT2D eigenvalue weighted by Crippen LogP contribution is 2.35. The number of pyridine rings is 1. The zero-order valence-electron chi connectivity index (χ0n) is 23.0. The van der Waals surface area contributed by atoms with E-state index >= 15 is 0 Å². The summed E-state index contributed by atoms with van der Waals surface area (Å²) in [6.07, 6.45) is 8.12. The van der Waals surface area contributed by atoms with E-state index in [0.29, 0.717) is 5.92 Å². The zero-order chi connectivity index (χ0) is 27.4. The normalized spacial score (nSPS) is 24.8. The number of alkyl carbamates (subject to hydrolysis) is 1. The Labute approximate surface area is 229 Å². The van der Waals surface area contributed by atoms with Gasteiger partial charge in [0.05, 0.1) is 17.8 Å². The molecule has 2 aliphatic carbocycles. The van der Waals surface area contributed by atoms with Crippen LogP contribution in [0.15, 0.2) is 18.2 Å². The van der Waals surface area contributed by atoms with Crippen molar-refractivity contribution in [2.75, 3.05) is 18.5 Å². The number of carboxylic acids is 1. The molecule has 1 aliphatic heterocycles. The van der Waals surface area contributed by atoms with Gasteiger partial charge in [-0.2, -0.15) is 5.10 Å². The van der Waals surface area contributed by atoms with Crippen molar-refractivity contribution in [3.63, 3.8) is 0 Å². The Morgan fingerprint density at radius 1 is 1.23 bits per heavy atom. The molecule has 2 fully saturated rings. The van der Waals surface area contributed by atoms with Gasteiger partial charge in [0, 0.05) is 31.0 Å². The number of aliphatic carboxylic acids is 1. The minimum absolute atomic E-state index is 0.0256. The quantitative estimate of drug-likeness (QED) is 0.385. The molecule has 1 unspecified atom stereocenters. The van der Waals surface area contributed by atoms with E-state index in [2.05, 4.69) is 27.9 Å². The van der Waals surface area contributed by atoms with Gasteiger partial charge in [0.1, 0.15) is 18.0 Å². The lowest BCUT2D eigenvalue weighted by atomic mass is 9.79. The van der Waals surface area contributed by atoms with Crippen molar-refractivity contribution in [2.45, 2.75) is 102 Å². The first-order valence-electron chi connectivity index (χ1n) is 14.4. The lowest BCUT2D eigenvalue weighted by Gasteiger charge is -2.35. The van der Waals surface area contributed by atoms with Crippen molar-refractivity contribution in [2.24, 2.45) is 5.92 Å². The summed E-state index contributed by atoms with van der Waals surface area (Å²) in [6.45, 7) is 5.21. The molecule has 2 aromatic heterocycles. The van der Waals surface area contributed by atoms with Crippen molar-refractivity contribution in [3.05, 3.63) is 40.8 Å². The van der Waals surface area contributed by atoms with Gasteiger partial charge in [-0.3, -0.25) is 4.68 Å². The van der Waals surface area contributed by atoms with Gasteiger partial charge in [-0.1, -0.05) is 6.07 Å². The number of aryl methyl sites for hydroxylation is 4. The predicted molar refractivity (Wildman–Crippen MR) is 146 cm³/mol. The van der Waals surface area contributed by atoms with Gasteiger partial charge in [-0.15, -0.1) is 0 Å². The Balaban J connectivity index is 1.000. The molecule has 10 heteroatoms. The van der Waals surface area contributed by atoms with Crippen LogP contribution < -0.4 is 10.6 Å². The lowest BCUT2D eigenvalue weighted by molar-refractivity contribution is -0.140. The van der Waals surface area contributed by atoms with Gasteiger partial charge in [-0.25, -0.2) is 14.6 Å². The SMILES string of the molecule is Cc1cc(C)n([C@H]2CCC[C@@H]2OC(=O)NC(CCO[C@H]2C[C@H](CCc3ccc4c(n3)NCCC4)C2)C(=O)O)n1. The highest BCUT2D eigenvalue weighted by atomic mass is 16.6. The molecule has 0 radical (unpaired) electrons. The topological polar surface area (TPSA) is 128 Å². The lowest BCUT2D eigenvalue weighted by Crippen LogP contribution is -2.44. The number of hydrogen-bond donors (Lipinski definition) is 3. The third-order valence-corrected chi connectivity index (χ3v) is 8.34. The first-order valence-corrected chi connectivity index (χ1v) is 14.4. The Kier molecular flexibility index (Phi) is 8.69. The van der Waals surface area contributed by atoms with Crippen molar-refractivity contribution >= 4 is 17.9 Å². The molecule has 0 aromatic carbocycles. The minimum atomic E-state index is -1.09. The summed E-state index contributed by atoms with van der Waals surface area (Å²) in [5, 5.41) is 20.1. The molecule has 0 spiro atoms. The maximum atomic E-state index is 12.6. The molecular weight excluding hydrogens is 498 g/mol. The highest BCUT2D eigenvalue weighted by Gasteiger charge is 2.35. The molecular formula is C29H41N5O5. The van der Waals surface area contributed by atoms with Crippen molar-refractivity contribution in [1.82, 2.24) is 20.1 Å². The average molecular weight is 540 g/mol. The number of anilines is 1. The van der Waals surface area contributed by atoms with Crippen LogP contribution in [0.5, 0.6) is 0 Å². The van der Waals surface area contributed by atoms with Gasteiger partial charge in [0.2, 0.25) is 0 Å². The minimum Gasteiger partial charge on any atom is -0.480 e. The van der Waals surface area contributed by atoms with Gasteiger partial charge < -0.3 is 25.2 Å². The predicted octanol–water partition coefficient (Wildman–Crippen LogP) is 4.34. The van der Waals surface area contributed by atoms with Crippen molar-refractivity contribution in [1.29, 1.82) is 0 Å². The second-order valence-electron chi connectivity index (χ2n) is 11.3. The van der Waals surface area contributed by atoms with Crippen LogP contribution in [-0.4, -0.2) is 63.3 Å². The molecule has 3 heterocycles. The maximum Gasteiger partial charge on any atom is 0.408 e. The van der Waals surface area contributed by atoms with E-state index in [1.165, 1.54) is 5.56 Å². The fraction of sp³-hybridized carbons (Fsp3) is 0.655. The van der Waals surface area contributed by atoms with E-state index in [4.69, 9.17) is 14.5 Å². The van der Waals surface area contributed by atoms with Crippen LogP contribution in [0.25, 0.3) is 0 Å². The number of nitrogens with one attached hydrogen (secondary N) is 2. The van der Waals surface area contributed by atoms with E-state index in [9.17, 15) is 14.7 Å². The van der Waals surface area contributed by atoms with Gasteiger partial charge in [0.15, 0.2) is 0 Å². The van der Waals surface area contributed by atoms with E-state index in [-0.39, 0.29) is 31.3 Å². The smallest absolute Gasteiger partial charge is 0.408 e. The third kappa shape index (κ3) is 6.90. The largest absolute Gasteiger partial charge is 0.480 e. The summed E-state index contributed by atoms with van der Waals surface area (Å²) >= 11 is 0. The number of fused-ring (bicyclic) bond motifs is 1. The summed E-state index contributed by atoms with van der Waals surface area (Å²) in [4.78, 5) is 29.1. The highest BCUT2D eigenvalue weighted by molar-refractivity contribution is 5.79. The maximum absolute atomic E-state index is 12.6. The van der Waals surface area contributed by atoms with Gasteiger partial charge >= 0.3 is 12.1 Å². The fourth-order valence-corrected chi connectivity index (χ4v) is 6.14. The number of carbonyl (C=O) groups is 2. The fourth-order valence-electron chi connectivity index (χ4n) is 6.14. The average Bonchev–Trinajstić information content (AvgIpc) is 3.48. The van der Waals surface area contributed by atoms with Crippen LogP contribution in [-0.2, 0) is 27.1 Å². The van der Waals surface area contributed by atoms with Crippen LogP contribution in [0, 0.1) is 19.8 Å². The van der Waals surface area contributed by atoms with E-state index in [1.54, 1.807) is 0 Å². The molecule has 0 bridgehead atoms. The number of carbonyl (C=O) groups excluding carboxylic acids is 1. The molecule has 3 atom stereocenters. The zero-order valence-corrected chi connectivity index (χ0v) is 23.0. The molecule has 10 nitrogen and oxygen atoms in total. The number of amides is 1. The standard InChI is InChI=1S/C29H41N5O5/c1-18-15-19(2)34(33-18)25-6-3-7-26(25)39-29(37)32-24(28(35)36)12-14-38-23-16-20(17-23)8-10-22-11-9-21-5-4-13-30-27(21)31-22/h9,11,15,20,23-26H,3-8,10,12-14,16-17H2,1-2H3,(H,30,31)(H,32,37)(H,35,36)/t20-,23-,24?,25-,26-/m0/s1. The number of ether oxygens (including phenoxy) is 2. The first kappa shape index (κ1) is 27.4. The number of carboxylic acid groups (broad SMARTS) is 1. The molecule has 2 saturated carbocycles. The van der Waals surface area contributed by atoms with E-state index in [1.807, 2.05) is 24.6 Å². The molecule has 212 valence electrons. The molecule has 39 heavy (non-hydrogen) atoms. The summed E-state index contributed by atoms with van der Waals surface area (Å²) in [5.41, 5.74) is 4.40. The molecule has 1 amide bonds. The molecule has 3 N–H and O–H groups in total. The Bertz CT molecular complexity index is 1160. The summed E-state index contributed by atoms with van der Waals surface area (Å²) in [7, 11) is 0. The summed E-state index contributed by atoms with van der Waals surface area (Å²) < 4.78 is 13.5.